The van der Waals surface area contributed by atoms with E-state index in [2.05, 4.69) is 11.1 Å². The third-order valence-corrected chi connectivity index (χ3v) is 4.41. The monoisotopic (exact) mass is 350 g/mol. The minimum absolute atomic E-state index is 0.262. The second-order valence-corrected chi connectivity index (χ2v) is 6.95. The molecule has 0 aliphatic rings. The number of carbonyl (C=O) groups is 1. The van der Waals surface area contributed by atoms with Crippen molar-refractivity contribution in [2.75, 3.05) is 20.3 Å². The van der Waals surface area contributed by atoms with Crippen LogP contribution in [0.2, 0.25) is 0 Å². The Morgan fingerprint density at radius 1 is 0.957 bits per heavy atom. The second kappa shape index (κ2) is 14.9. The second-order valence-electron chi connectivity index (χ2n) is 5.39. The van der Waals surface area contributed by atoms with Crippen LogP contribution in [-0.2, 0) is 23.1 Å². The summed E-state index contributed by atoms with van der Waals surface area (Å²) in [4.78, 5) is 19.8. The maximum atomic E-state index is 11.0. The summed E-state index contributed by atoms with van der Waals surface area (Å²) in [6.45, 7) is 4.09. The summed E-state index contributed by atoms with van der Waals surface area (Å²) >= 11 is 0. The van der Waals surface area contributed by atoms with Crippen LogP contribution in [0.4, 0.5) is 0 Å². The minimum atomic E-state index is -3.80. The van der Waals surface area contributed by atoms with E-state index in [1.807, 2.05) is 0 Å². The first-order chi connectivity index (χ1) is 11.0. The van der Waals surface area contributed by atoms with Crippen molar-refractivity contribution in [1.29, 1.82) is 0 Å². The zero-order valence-corrected chi connectivity index (χ0v) is 15.1. The van der Waals surface area contributed by atoms with E-state index in [-0.39, 0.29) is 12.6 Å². The maximum absolute atomic E-state index is 11.0. The lowest BCUT2D eigenvalue weighted by Gasteiger charge is -2.08. The fraction of sp³-hybridized carbons (Fsp3) is 0.812. The van der Waals surface area contributed by atoms with Crippen LogP contribution >= 0.6 is 7.82 Å². The smallest absolute Gasteiger partial charge is 0.463 e. The molecule has 6 nitrogen and oxygen atoms in total. The van der Waals surface area contributed by atoms with E-state index in [0.29, 0.717) is 6.61 Å². The van der Waals surface area contributed by atoms with Gasteiger partial charge in [-0.15, -0.1) is 0 Å². The molecule has 0 aromatic carbocycles. The van der Waals surface area contributed by atoms with Gasteiger partial charge in [0.05, 0.1) is 13.2 Å². The van der Waals surface area contributed by atoms with Crippen molar-refractivity contribution in [3.8, 4) is 0 Å². The summed E-state index contributed by atoms with van der Waals surface area (Å²) in [7, 11) is -2.63. The summed E-state index contributed by atoms with van der Waals surface area (Å²) < 4.78 is 25.0. The maximum Gasteiger partial charge on any atom is 0.471 e. The number of hydrogen-bond acceptors (Lipinski definition) is 5. The molecule has 0 radical (unpaired) electrons. The first-order valence-corrected chi connectivity index (χ1v) is 9.83. The lowest BCUT2D eigenvalue weighted by Crippen LogP contribution is -2.01. The molecule has 0 aromatic rings. The third kappa shape index (κ3) is 16.0. The van der Waals surface area contributed by atoms with Crippen molar-refractivity contribution in [2.24, 2.45) is 0 Å². The molecular weight excluding hydrogens is 319 g/mol. The average Bonchev–Trinajstić information content (AvgIpc) is 2.54. The molecule has 0 aliphatic carbocycles. The molecule has 136 valence electrons. The standard InChI is InChI=1S/C16H31O6P/c1-3-16(17)21-14-12-10-8-6-4-5-7-9-11-13-15-22-23(18,19)20-2/h3H,1,4-15H2,2H3,(H,18,19). The number of ether oxygens (including phenoxy) is 1. The molecule has 0 aliphatic heterocycles. The number of phosphoric ester groups is 1. The molecule has 0 aromatic heterocycles. The topological polar surface area (TPSA) is 82.1 Å². The van der Waals surface area contributed by atoms with Gasteiger partial charge < -0.3 is 9.63 Å². The molecule has 0 fully saturated rings. The van der Waals surface area contributed by atoms with Gasteiger partial charge in [0.1, 0.15) is 0 Å². The number of rotatable bonds is 16. The Bertz CT molecular complexity index is 358. The van der Waals surface area contributed by atoms with Crippen LogP contribution in [0.5, 0.6) is 0 Å². The van der Waals surface area contributed by atoms with E-state index in [1.54, 1.807) is 0 Å². The number of carbonyl (C=O) groups excluding carboxylic acids is 1. The molecule has 1 unspecified atom stereocenters. The van der Waals surface area contributed by atoms with Crippen LogP contribution in [-0.4, -0.2) is 31.2 Å². The van der Waals surface area contributed by atoms with Gasteiger partial charge in [0.2, 0.25) is 0 Å². The summed E-state index contributed by atoms with van der Waals surface area (Å²) in [6, 6.07) is 0. The van der Waals surface area contributed by atoms with Crippen LogP contribution in [0, 0.1) is 0 Å². The Labute approximate surface area is 139 Å². The molecule has 1 atom stereocenters. The van der Waals surface area contributed by atoms with Gasteiger partial charge in [-0.05, 0) is 12.8 Å². The van der Waals surface area contributed by atoms with Crippen molar-refractivity contribution in [1.82, 2.24) is 0 Å². The van der Waals surface area contributed by atoms with Gasteiger partial charge >= 0.3 is 13.8 Å². The summed E-state index contributed by atoms with van der Waals surface area (Å²) in [5.74, 6) is -0.348. The number of phosphoric acid groups is 1. The molecular formula is C16H31O6P. The highest BCUT2D eigenvalue weighted by Gasteiger charge is 2.17. The molecule has 7 heteroatoms. The molecule has 23 heavy (non-hydrogen) atoms. The van der Waals surface area contributed by atoms with E-state index in [1.165, 1.54) is 38.2 Å². The highest BCUT2D eigenvalue weighted by Crippen LogP contribution is 2.41. The van der Waals surface area contributed by atoms with Crippen molar-refractivity contribution in [2.45, 2.75) is 64.2 Å². The van der Waals surface area contributed by atoms with Gasteiger partial charge in [-0.1, -0.05) is 57.9 Å². The van der Waals surface area contributed by atoms with Gasteiger partial charge in [0.15, 0.2) is 0 Å². The van der Waals surface area contributed by atoms with E-state index in [0.717, 1.165) is 39.2 Å². The SMILES string of the molecule is C=CC(=O)OCCCCCCCCCCCCOP(=O)(O)OC. The first-order valence-electron chi connectivity index (χ1n) is 8.34. The van der Waals surface area contributed by atoms with E-state index < -0.39 is 7.82 Å². The molecule has 1 N–H and O–H groups in total. The van der Waals surface area contributed by atoms with Crippen molar-refractivity contribution >= 4 is 13.8 Å². The van der Waals surface area contributed by atoms with Crippen molar-refractivity contribution in [3.63, 3.8) is 0 Å². The number of hydrogen-bond donors (Lipinski definition) is 1. The lowest BCUT2D eigenvalue weighted by molar-refractivity contribution is -0.137. The predicted molar refractivity (Wildman–Crippen MR) is 90.1 cm³/mol. The molecule has 0 heterocycles. The van der Waals surface area contributed by atoms with E-state index >= 15 is 0 Å². The lowest BCUT2D eigenvalue weighted by atomic mass is 10.1. The number of unbranched alkanes of at least 4 members (excludes halogenated alkanes) is 9. The Morgan fingerprint density at radius 2 is 1.39 bits per heavy atom. The quantitative estimate of drug-likeness (QED) is 0.192. The van der Waals surface area contributed by atoms with E-state index in [9.17, 15) is 9.36 Å². The molecule has 0 saturated heterocycles. The van der Waals surface area contributed by atoms with E-state index in [4.69, 9.17) is 14.2 Å². The highest BCUT2D eigenvalue weighted by molar-refractivity contribution is 7.47. The van der Waals surface area contributed by atoms with Gasteiger partial charge in [0, 0.05) is 13.2 Å². The van der Waals surface area contributed by atoms with Gasteiger partial charge in [-0.25, -0.2) is 9.36 Å². The fourth-order valence-electron chi connectivity index (χ4n) is 2.08. The average molecular weight is 350 g/mol. The van der Waals surface area contributed by atoms with Crippen LogP contribution in [0.1, 0.15) is 64.2 Å². The van der Waals surface area contributed by atoms with Gasteiger partial charge in [0.25, 0.3) is 0 Å². The van der Waals surface area contributed by atoms with Crippen LogP contribution in [0.15, 0.2) is 12.7 Å². The van der Waals surface area contributed by atoms with Gasteiger partial charge in [-0.3, -0.25) is 9.05 Å². The van der Waals surface area contributed by atoms with Gasteiger partial charge in [-0.2, -0.15) is 0 Å². The Morgan fingerprint density at radius 3 is 1.83 bits per heavy atom. The fourth-order valence-corrected chi connectivity index (χ4v) is 2.55. The van der Waals surface area contributed by atoms with Crippen molar-refractivity contribution in [3.05, 3.63) is 12.7 Å². The zero-order chi connectivity index (χ0) is 17.4. The largest absolute Gasteiger partial charge is 0.471 e. The summed E-state index contributed by atoms with van der Waals surface area (Å²) in [6.07, 6.45) is 12.1. The molecule has 0 rings (SSSR count). The van der Waals surface area contributed by atoms with Crippen LogP contribution in [0.25, 0.3) is 0 Å². The Hall–Kier alpha value is -0.680. The van der Waals surface area contributed by atoms with Crippen molar-refractivity contribution < 1.29 is 28.0 Å². The van der Waals surface area contributed by atoms with Crippen LogP contribution < -0.4 is 0 Å². The highest BCUT2D eigenvalue weighted by atomic mass is 31.2. The predicted octanol–water partition coefficient (Wildman–Crippen LogP) is 4.38. The molecule has 0 bridgehead atoms. The molecule has 0 amide bonds. The number of esters is 1. The van der Waals surface area contributed by atoms with Crippen LogP contribution in [0.3, 0.4) is 0 Å². The summed E-state index contributed by atoms with van der Waals surface area (Å²) in [5, 5.41) is 0. The first kappa shape index (κ1) is 22.3. The Balaban J connectivity index is 3.15. The molecule has 0 saturated carbocycles. The minimum Gasteiger partial charge on any atom is -0.463 e. The zero-order valence-electron chi connectivity index (χ0n) is 14.2. The normalized spacial score (nSPS) is 13.5. The Kier molecular flexibility index (Phi) is 14.4. The molecule has 0 spiro atoms. The summed E-state index contributed by atoms with van der Waals surface area (Å²) in [5.41, 5.74) is 0. The third-order valence-electron chi connectivity index (χ3n) is 3.43.